The van der Waals surface area contributed by atoms with Crippen LogP contribution in [-0.4, -0.2) is 28.3 Å². The first kappa shape index (κ1) is 13.8. The van der Waals surface area contributed by atoms with E-state index in [1.165, 1.54) is 5.56 Å². The molecule has 1 aromatic carbocycles. The third kappa shape index (κ3) is 3.66. The lowest BCUT2D eigenvalue weighted by molar-refractivity contribution is 0.183. The SMILES string of the molecule is Cc1noc(C)c1CN(CCO)Cc1ccccc1. The average molecular weight is 260 g/mol. The number of hydrogen-bond donors (Lipinski definition) is 1. The summed E-state index contributed by atoms with van der Waals surface area (Å²) in [6, 6.07) is 10.3. The Kier molecular flexibility index (Phi) is 4.71. The van der Waals surface area contributed by atoms with Crippen LogP contribution in [0.4, 0.5) is 0 Å². The van der Waals surface area contributed by atoms with Crippen LogP contribution in [0.25, 0.3) is 0 Å². The summed E-state index contributed by atoms with van der Waals surface area (Å²) < 4.78 is 5.19. The standard InChI is InChI=1S/C15H20N2O2/c1-12-15(13(2)19-16-12)11-17(8-9-18)10-14-6-4-3-5-7-14/h3-7,18H,8-11H2,1-2H3. The van der Waals surface area contributed by atoms with Crippen LogP contribution in [0.3, 0.4) is 0 Å². The molecule has 0 aliphatic carbocycles. The number of nitrogens with zero attached hydrogens (tertiary/aromatic N) is 2. The summed E-state index contributed by atoms with van der Waals surface area (Å²) >= 11 is 0. The molecule has 0 saturated heterocycles. The Hall–Kier alpha value is -1.65. The van der Waals surface area contributed by atoms with Gasteiger partial charge in [0, 0.05) is 25.2 Å². The van der Waals surface area contributed by atoms with E-state index in [1.54, 1.807) is 0 Å². The fourth-order valence-electron chi connectivity index (χ4n) is 2.15. The predicted octanol–water partition coefficient (Wildman–Crippen LogP) is 2.29. The Morgan fingerprint density at radius 2 is 1.89 bits per heavy atom. The summed E-state index contributed by atoms with van der Waals surface area (Å²) in [5.41, 5.74) is 3.28. The minimum absolute atomic E-state index is 0.149. The molecule has 0 amide bonds. The van der Waals surface area contributed by atoms with E-state index in [0.29, 0.717) is 6.54 Å². The molecule has 0 saturated carbocycles. The van der Waals surface area contributed by atoms with Gasteiger partial charge in [-0.1, -0.05) is 35.5 Å². The molecule has 0 unspecified atom stereocenters. The summed E-state index contributed by atoms with van der Waals surface area (Å²) in [4.78, 5) is 2.20. The molecule has 0 fully saturated rings. The number of benzene rings is 1. The van der Waals surface area contributed by atoms with Gasteiger partial charge in [-0.25, -0.2) is 0 Å². The van der Waals surface area contributed by atoms with Gasteiger partial charge in [0.25, 0.3) is 0 Å². The van der Waals surface area contributed by atoms with Gasteiger partial charge >= 0.3 is 0 Å². The zero-order chi connectivity index (χ0) is 13.7. The van der Waals surface area contributed by atoms with Gasteiger partial charge in [-0.3, -0.25) is 4.90 Å². The van der Waals surface area contributed by atoms with Gasteiger partial charge in [-0.15, -0.1) is 0 Å². The second-order valence-electron chi connectivity index (χ2n) is 4.72. The lowest BCUT2D eigenvalue weighted by Gasteiger charge is -2.21. The molecule has 4 heteroatoms. The largest absolute Gasteiger partial charge is 0.395 e. The highest BCUT2D eigenvalue weighted by Gasteiger charge is 2.13. The van der Waals surface area contributed by atoms with Crippen LogP contribution in [0.5, 0.6) is 0 Å². The van der Waals surface area contributed by atoms with Crippen molar-refractivity contribution in [3.8, 4) is 0 Å². The molecule has 0 radical (unpaired) electrons. The highest BCUT2D eigenvalue weighted by atomic mass is 16.5. The van der Waals surface area contributed by atoms with E-state index >= 15 is 0 Å². The first-order valence-electron chi connectivity index (χ1n) is 6.49. The van der Waals surface area contributed by atoms with Crippen LogP contribution in [0.2, 0.25) is 0 Å². The molecule has 0 spiro atoms. The topological polar surface area (TPSA) is 49.5 Å². The van der Waals surface area contributed by atoms with Crippen molar-refractivity contribution in [3.05, 3.63) is 52.9 Å². The minimum atomic E-state index is 0.149. The Labute approximate surface area is 113 Å². The van der Waals surface area contributed by atoms with Crippen LogP contribution in [0.15, 0.2) is 34.9 Å². The molecule has 1 N–H and O–H groups in total. The Morgan fingerprint density at radius 1 is 1.16 bits per heavy atom. The summed E-state index contributed by atoms with van der Waals surface area (Å²) in [6.07, 6.45) is 0. The summed E-state index contributed by atoms with van der Waals surface area (Å²) in [7, 11) is 0. The minimum Gasteiger partial charge on any atom is -0.395 e. The third-order valence-electron chi connectivity index (χ3n) is 3.23. The number of aromatic nitrogens is 1. The zero-order valence-electron chi connectivity index (χ0n) is 11.5. The maximum absolute atomic E-state index is 9.20. The number of hydrogen-bond acceptors (Lipinski definition) is 4. The molecule has 0 atom stereocenters. The Morgan fingerprint density at radius 3 is 2.47 bits per heavy atom. The van der Waals surface area contributed by atoms with E-state index in [2.05, 4.69) is 22.2 Å². The summed E-state index contributed by atoms with van der Waals surface area (Å²) in [6.45, 7) is 6.22. The number of rotatable bonds is 6. The van der Waals surface area contributed by atoms with Crippen molar-refractivity contribution < 1.29 is 9.63 Å². The molecule has 102 valence electrons. The van der Waals surface area contributed by atoms with E-state index in [9.17, 15) is 5.11 Å². The first-order valence-corrected chi connectivity index (χ1v) is 6.49. The number of aryl methyl sites for hydroxylation is 2. The fraction of sp³-hybridized carbons (Fsp3) is 0.400. The molecule has 2 rings (SSSR count). The van der Waals surface area contributed by atoms with Crippen LogP contribution in [0, 0.1) is 13.8 Å². The normalized spacial score (nSPS) is 11.2. The van der Waals surface area contributed by atoms with E-state index in [4.69, 9.17) is 4.52 Å². The van der Waals surface area contributed by atoms with Gasteiger partial charge in [-0.2, -0.15) is 0 Å². The molecular formula is C15H20N2O2. The molecule has 1 aromatic heterocycles. The fourth-order valence-corrected chi connectivity index (χ4v) is 2.15. The number of aliphatic hydroxyl groups excluding tert-OH is 1. The molecule has 0 aliphatic rings. The van der Waals surface area contributed by atoms with Crippen molar-refractivity contribution in [2.24, 2.45) is 0 Å². The number of aliphatic hydroxyl groups is 1. The highest BCUT2D eigenvalue weighted by Crippen LogP contribution is 2.16. The monoisotopic (exact) mass is 260 g/mol. The Balaban J connectivity index is 2.08. The van der Waals surface area contributed by atoms with E-state index in [1.807, 2.05) is 32.0 Å². The summed E-state index contributed by atoms with van der Waals surface area (Å²) in [5, 5.41) is 13.2. The van der Waals surface area contributed by atoms with Gasteiger partial charge < -0.3 is 9.63 Å². The van der Waals surface area contributed by atoms with E-state index in [-0.39, 0.29) is 6.61 Å². The van der Waals surface area contributed by atoms with Crippen LogP contribution < -0.4 is 0 Å². The van der Waals surface area contributed by atoms with Crippen LogP contribution >= 0.6 is 0 Å². The molecule has 19 heavy (non-hydrogen) atoms. The average Bonchev–Trinajstić information content (AvgIpc) is 2.72. The molecule has 0 bridgehead atoms. The van der Waals surface area contributed by atoms with Crippen molar-refractivity contribution in [2.75, 3.05) is 13.2 Å². The van der Waals surface area contributed by atoms with Crippen molar-refractivity contribution in [3.63, 3.8) is 0 Å². The Bertz CT molecular complexity index is 489. The molecule has 1 heterocycles. The summed E-state index contributed by atoms with van der Waals surface area (Å²) in [5.74, 6) is 0.855. The molecule has 0 aliphatic heterocycles. The van der Waals surface area contributed by atoms with Gasteiger partial charge in [-0.05, 0) is 19.4 Å². The van der Waals surface area contributed by atoms with E-state index in [0.717, 1.165) is 30.1 Å². The third-order valence-corrected chi connectivity index (χ3v) is 3.23. The molecule has 2 aromatic rings. The quantitative estimate of drug-likeness (QED) is 0.865. The van der Waals surface area contributed by atoms with Gasteiger partial charge in [0.2, 0.25) is 0 Å². The second-order valence-corrected chi connectivity index (χ2v) is 4.72. The molecule has 4 nitrogen and oxygen atoms in total. The highest BCUT2D eigenvalue weighted by molar-refractivity contribution is 5.21. The van der Waals surface area contributed by atoms with Crippen LogP contribution in [-0.2, 0) is 13.1 Å². The zero-order valence-corrected chi connectivity index (χ0v) is 11.5. The second kappa shape index (κ2) is 6.50. The maximum Gasteiger partial charge on any atom is 0.138 e. The van der Waals surface area contributed by atoms with Gasteiger partial charge in [0.15, 0.2) is 0 Å². The van der Waals surface area contributed by atoms with Crippen LogP contribution in [0.1, 0.15) is 22.6 Å². The van der Waals surface area contributed by atoms with Crippen molar-refractivity contribution >= 4 is 0 Å². The van der Waals surface area contributed by atoms with E-state index < -0.39 is 0 Å². The maximum atomic E-state index is 9.20. The first-order chi connectivity index (χ1) is 9.20. The lowest BCUT2D eigenvalue weighted by atomic mass is 10.1. The predicted molar refractivity (Wildman–Crippen MR) is 73.6 cm³/mol. The smallest absolute Gasteiger partial charge is 0.138 e. The van der Waals surface area contributed by atoms with Gasteiger partial charge in [0.05, 0.1) is 12.3 Å². The lowest BCUT2D eigenvalue weighted by Crippen LogP contribution is -2.26. The van der Waals surface area contributed by atoms with Crippen molar-refractivity contribution in [1.29, 1.82) is 0 Å². The van der Waals surface area contributed by atoms with Crippen molar-refractivity contribution in [1.82, 2.24) is 10.1 Å². The van der Waals surface area contributed by atoms with Gasteiger partial charge in [0.1, 0.15) is 5.76 Å². The molecular weight excluding hydrogens is 240 g/mol. The van der Waals surface area contributed by atoms with Crippen molar-refractivity contribution in [2.45, 2.75) is 26.9 Å².